The predicted octanol–water partition coefficient (Wildman–Crippen LogP) is 4.27. The second-order valence-corrected chi connectivity index (χ2v) is 7.71. The summed E-state index contributed by atoms with van der Waals surface area (Å²) in [7, 11) is 1.67. The highest BCUT2D eigenvalue weighted by molar-refractivity contribution is 7.80. The van der Waals surface area contributed by atoms with E-state index in [2.05, 4.69) is 40.0 Å². The van der Waals surface area contributed by atoms with Gasteiger partial charge in [-0.3, -0.25) is 4.90 Å². The fourth-order valence-electron chi connectivity index (χ4n) is 3.35. The number of methoxy groups -OCH3 is 1. The van der Waals surface area contributed by atoms with Crippen LogP contribution in [0.15, 0.2) is 41.8 Å². The first-order valence-electron chi connectivity index (χ1n) is 8.66. The Morgan fingerprint density at radius 3 is 2.52 bits per heavy atom. The maximum atomic E-state index is 5.53. The van der Waals surface area contributed by atoms with E-state index < -0.39 is 0 Å². The summed E-state index contributed by atoms with van der Waals surface area (Å²) in [5.41, 5.74) is 0.958. The number of anilines is 1. The van der Waals surface area contributed by atoms with E-state index >= 15 is 0 Å². The average molecular weight is 376 g/mol. The zero-order valence-electron chi connectivity index (χ0n) is 14.7. The lowest BCUT2D eigenvalue weighted by molar-refractivity contribution is 0.214. The van der Waals surface area contributed by atoms with Crippen LogP contribution in [0, 0.1) is 0 Å². The number of hydrogen-bond acceptors (Lipinski definition) is 4. The van der Waals surface area contributed by atoms with Crippen molar-refractivity contribution in [2.75, 3.05) is 25.5 Å². The Labute approximate surface area is 159 Å². The summed E-state index contributed by atoms with van der Waals surface area (Å²) < 4.78 is 5.19. The minimum atomic E-state index is 0.231. The van der Waals surface area contributed by atoms with Gasteiger partial charge >= 0.3 is 0 Å². The molecule has 4 nitrogen and oxygen atoms in total. The molecule has 1 aromatic carbocycles. The van der Waals surface area contributed by atoms with Gasteiger partial charge in [-0.2, -0.15) is 0 Å². The van der Waals surface area contributed by atoms with Gasteiger partial charge in [0.15, 0.2) is 5.11 Å². The second kappa shape index (κ2) is 8.65. The number of benzene rings is 1. The molecule has 0 aliphatic carbocycles. The van der Waals surface area contributed by atoms with Crippen LogP contribution < -0.4 is 15.4 Å². The van der Waals surface area contributed by atoms with E-state index in [0.29, 0.717) is 11.2 Å². The van der Waals surface area contributed by atoms with Gasteiger partial charge in [0.25, 0.3) is 0 Å². The molecule has 0 amide bonds. The van der Waals surface area contributed by atoms with Crippen molar-refractivity contribution < 1.29 is 4.74 Å². The van der Waals surface area contributed by atoms with Crippen molar-refractivity contribution >= 4 is 34.4 Å². The molecule has 3 rings (SSSR count). The van der Waals surface area contributed by atoms with Crippen molar-refractivity contribution in [3.63, 3.8) is 0 Å². The van der Waals surface area contributed by atoms with Gasteiger partial charge in [-0.1, -0.05) is 6.07 Å². The molecule has 0 saturated carbocycles. The average Bonchev–Trinajstić information content (AvgIpc) is 3.30. The lowest BCUT2D eigenvalue weighted by Gasteiger charge is -2.33. The fourth-order valence-corrected chi connectivity index (χ4v) is 4.62. The number of nitrogens with one attached hydrogen (secondary N) is 2. The smallest absolute Gasteiger partial charge is 0.171 e. The van der Waals surface area contributed by atoms with Crippen LogP contribution in [0.5, 0.6) is 5.75 Å². The molecule has 2 unspecified atom stereocenters. The van der Waals surface area contributed by atoms with E-state index in [-0.39, 0.29) is 6.04 Å². The highest BCUT2D eigenvalue weighted by atomic mass is 32.1. The van der Waals surface area contributed by atoms with Gasteiger partial charge in [0.05, 0.1) is 13.2 Å². The summed E-state index contributed by atoms with van der Waals surface area (Å²) in [6.45, 7) is 4.53. The lowest BCUT2D eigenvalue weighted by atomic mass is 10.1. The Morgan fingerprint density at radius 1 is 1.20 bits per heavy atom. The van der Waals surface area contributed by atoms with Crippen LogP contribution in [0.25, 0.3) is 0 Å². The highest BCUT2D eigenvalue weighted by Gasteiger charge is 2.29. The van der Waals surface area contributed by atoms with Gasteiger partial charge in [-0.05, 0) is 80.8 Å². The maximum absolute atomic E-state index is 5.53. The van der Waals surface area contributed by atoms with E-state index in [4.69, 9.17) is 17.0 Å². The molecule has 1 aliphatic heterocycles. The van der Waals surface area contributed by atoms with Crippen LogP contribution in [0.3, 0.4) is 0 Å². The molecule has 2 aromatic rings. The zero-order chi connectivity index (χ0) is 17.6. The molecule has 1 saturated heterocycles. The molecule has 2 atom stereocenters. The van der Waals surface area contributed by atoms with Crippen LogP contribution in [-0.4, -0.2) is 36.3 Å². The number of thiocarbonyl (C=S) groups is 1. The first kappa shape index (κ1) is 18.2. The van der Waals surface area contributed by atoms with Crippen LogP contribution in [0.1, 0.15) is 30.7 Å². The highest BCUT2D eigenvalue weighted by Crippen LogP contribution is 2.31. The van der Waals surface area contributed by atoms with Gasteiger partial charge in [0, 0.05) is 16.6 Å². The van der Waals surface area contributed by atoms with Crippen LogP contribution >= 0.6 is 23.6 Å². The minimum Gasteiger partial charge on any atom is -0.497 e. The van der Waals surface area contributed by atoms with Crippen molar-refractivity contribution in [1.82, 2.24) is 10.2 Å². The lowest BCUT2D eigenvalue weighted by Crippen LogP contribution is -2.45. The largest absolute Gasteiger partial charge is 0.497 e. The SMILES string of the molecule is COc1ccc(NC(=S)NC(C)C(c2cccs2)N2CCCC2)cc1. The topological polar surface area (TPSA) is 36.5 Å². The summed E-state index contributed by atoms with van der Waals surface area (Å²) >= 11 is 7.35. The molecule has 1 fully saturated rings. The van der Waals surface area contributed by atoms with Gasteiger partial charge in [-0.25, -0.2) is 0 Å². The van der Waals surface area contributed by atoms with Crippen LogP contribution in [-0.2, 0) is 0 Å². The Morgan fingerprint density at radius 2 is 1.92 bits per heavy atom. The number of thiophene rings is 1. The first-order chi connectivity index (χ1) is 12.2. The monoisotopic (exact) mass is 375 g/mol. The maximum Gasteiger partial charge on any atom is 0.171 e. The van der Waals surface area contributed by atoms with Gasteiger partial charge in [0.1, 0.15) is 5.75 Å². The number of hydrogen-bond donors (Lipinski definition) is 2. The molecule has 6 heteroatoms. The number of ether oxygens (including phenoxy) is 1. The van der Waals surface area contributed by atoms with E-state index in [1.54, 1.807) is 7.11 Å². The van der Waals surface area contributed by atoms with Crippen molar-refractivity contribution in [3.8, 4) is 5.75 Å². The van der Waals surface area contributed by atoms with Crippen molar-refractivity contribution in [2.24, 2.45) is 0 Å². The summed E-state index contributed by atoms with van der Waals surface area (Å²) in [5.74, 6) is 0.838. The minimum absolute atomic E-state index is 0.231. The van der Waals surface area contributed by atoms with Gasteiger partial charge < -0.3 is 15.4 Å². The zero-order valence-corrected chi connectivity index (χ0v) is 16.3. The fraction of sp³-hybridized carbons (Fsp3) is 0.421. The van der Waals surface area contributed by atoms with E-state index in [9.17, 15) is 0 Å². The summed E-state index contributed by atoms with van der Waals surface area (Å²) in [6.07, 6.45) is 2.56. The third kappa shape index (κ3) is 4.71. The molecule has 0 radical (unpaired) electrons. The van der Waals surface area contributed by atoms with E-state index in [1.165, 1.54) is 17.7 Å². The van der Waals surface area contributed by atoms with E-state index in [0.717, 1.165) is 24.5 Å². The molecular formula is C19H25N3OS2. The quantitative estimate of drug-likeness (QED) is 0.738. The Kier molecular flexibility index (Phi) is 6.29. The van der Waals surface area contributed by atoms with Gasteiger partial charge in [-0.15, -0.1) is 11.3 Å². The van der Waals surface area contributed by atoms with Crippen LogP contribution in [0.2, 0.25) is 0 Å². The molecule has 0 spiro atoms. The number of likely N-dealkylation sites (tertiary alicyclic amines) is 1. The Balaban J connectivity index is 1.63. The Bertz CT molecular complexity index is 666. The standard InChI is InChI=1S/C19H25N3OS2/c1-14(18(17-6-5-13-25-17)22-11-3-4-12-22)20-19(24)21-15-7-9-16(23-2)10-8-15/h5-10,13-14,18H,3-4,11-12H2,1-2H3,(H2,20,21,24). The summed E-state index contributed by atoms with van der Waals surface area (Å²) in [6, 6.07) is 12.7. The third-order valence-corrected chi connectivity index (χ3v) is 5.71. The molecule has 25 heavy (non-hydrogen) atoms. The van der Waals surface area contributed by atoms with Gasteiger partial charge in [0.2, 0.25) is 0 Å². The molecule has 2 heterocycles. The van der Waals surface area contributed by atoms with Crippen LogP contribution in [0.4, 0.5) is 5.69 Å². The molecular weight excluding hydrogens is 350 g/mol. The van der Waals surface area contributed by atoms with Crippen molar-refractivity contribution in [3.05, 3.63) is 46.7 Å². The third-order valence-electron chi connectivity index (χ3n) is 4.55. The number of nitrogens with zero attached hydrogens (tertiary/aromatic N) is 1. The molecule has 134 valence electrons. The molecule has 1 aliphatic rings. The van der Waals surface area contributed by atoms with E-state index in [1.807, 2.05) is 35.6 Å². The molecule has 0 bridgehead atoms. The normalized spacial score (nSPS) is 17.0. The first-order valence-corrected chi connectivity index (χ1v) is 9.95. The number of rotatable bonds is 6. The Hall–Kier alpha value is -1.63. The summed E-state index contributed by atoms with van der Waals surface area (Å²) in [5, 5.41) is 9.54. The van der Waals surface area contributed by atoms with Crippen molar-refractivity contribution in [2.45, 2.75) is 31.8 Å². The predicted molar refractivity (Wildman–Crippen MR) is 110 cm³/mol. The summed E-state index contributed by atoms with van der Waals surface area (Å²) in [4.78, 5) is 3.97. The molecule has 1 aromatic heterocycles. The van der Waals surface area contributed by atoms with Crippen molar-refractivity contribution in [1.29, 1.82) is 0 Å². The second-order valence-electron chi connectivity index (χ2n) is 6.32. The molecule has 2 N–H and O–H groups in total.